The van der Waals surface area contributed by atoms with Gasteiger partial charge in [0.05, 0.1) is 0 Å². The van der Waals surface area contributed by atoms with Crippen molar-refractivity contribution in [2.45, 2.75) is 13.3 Å². The van der Waals surface area contributed by atoms with E-state index in [0.717, 1.165) is 12.8 Å². The van der Waals surface area contributed by atoms with Crippen molar-refractivity contribution < 1.29 is 14.4 Å². The SMILES string of the molecule is CCCNC(=O)c1ccc(C(=O)N2CCN(C=O)CC2)cc1. The molecule has 1 N–H and O–H groups in total. The predicted octanol–water partition coefficient (Wildman–Crippen LogP) is 0.741. The molecule has 2 rings (SSSR count). The van der Waals surface area contributed by atoms with Crippen molar-refractivity contribution in [3.8, 4) is 0 Å². The fraction of sp³-hybridized carbons (Fsp3) is 0.438. The molecule has 0 spiro atoms. The van der Waals surface area contributed by atoms with E-state index in [9.17, 15) is 14.4 Å². The average Bonchev–Trinajstić information content (AvgIpc) is 2.59. The van der Waals surface area contributed by atoms with Crippen LogP contribution in [0.1, 0.15) is 34.1 Å². The quantitative estimate of drug-likeness (QED) is 0.816. The van der Waals surface area contributed by atoms with E-state index >= 15 is 0 Å². The summed E-state index contributed by atoms with van der Waals surface area (Å²) in [5, 5.41) is 2.80. The molecule has 3 amide bonds. The number of carbonyl (C=O) groups excluding carboxylic acids is 3. The summed E-state index contributed by atoms with van der Waals surface area (Å²) in [6.07, 6.45) is 1.70. The first-order valence-corrected chi connectivity index (χ1v) is 7.52. The van der Waals surface area contributed by atoms with Gasteiger partial charge in [0.15, 0.2) is 0 Å². The van der Waals surface area contributed by atoms with Crippen molar-refractivity contribution in [1.82, 2.24) is 15.1 Å². The van der Waals surface area contributed by atoms with Gasteiger partial charge in [-0.1, -0.05) is 6.92 Å². The van der Waals surface area contributed by atoms with E-state index in [1.807, 2.05) is 6.92 Å². The Hall–Kier alpha value is -2.37. The average molecular weight is 303 g/mol. The Morgan fingerprint density at radius 3 is 2.23 bits per heavy atom. The van der Waals surface area contributed by atoms with E-state index in [2.05, 4.69) is 5.32 Å². The summed E-state index contributed by atoms with van der Waals surface area (Å²) in [6, 6.07) is 6.68. The van der Waals surface area contributed by atoms with Gasteiger partial charge in [-0.25, -0.2) is 0 Å². The number of rotatable bonds is 5. The third-order valence-corrected chi connectivity index (χ3v) is 3.68. The minimum Gasteiger partial charge on any atom is -0.352 e. The van der Waals surface area contributed by atoms with E-state index in [-0.39, 0.29) is 11.8 Å². The van der Waals surface area contributed by atoms with Gasteiger partial charge < -0.3 is 15.1 Å². The summed E-state index contributed by atoms with van der Waals surface area (Å²) in [6.45, 7) is 4.83. The van der Waals surface area contributed by atoms with Crippen molar-refractivity contribution in [1.29, 1.82) is 0 Å². The number of amides is 3. The molecule has 0 atom stereocenters. The molecule has 22 heavy (non-hydrogen) atoms. The fourth-order valence-electron chi connectivity index (χ4n) is 2.32. The van der Waals surface area contributed by atoms with Gasteiger partial charge in [0, 0.05) is 43.9 Å². The predicted molar refractivity (Wildman–Crippen MR) is 82.6 cm³/mol. The molecule has 1 aliphatic heterocycles. The molecule has 6 heteroatoms. The van der Waals surface area contributed by atoms with Crippen LogP contribution >= 0.6 is 0 Å². The minimum absolute atomic E-state index is 0.0638. The normalized spacial score (nSPS) is 14.6. The molecule has 1 saturated heterocycles. The molecule has 118 valence electrons. The Kier molecular flexibility index (Phi) is 5.52. The van der Waals surface area contributed by atoms with Gasteiger partial charge in [-0.05, 0) is 30.7 Å². The van der Waals surface area contributed by atoms with Crippen LogP contribution in [0.3, 0.4) is 0 Å². The highest BCUT2D eigenvalue weighted by atomic mass is 16.2. The highest BCUT2D eigenvalue weighted by Gasteiger charge is 2.21. The zero-order valence-electron chi connectivity index (χ0n) is 12.7. The minimum atomic E-state index is -0.125. The second-order valence-electron chi connectivity index (χ2n) is 5.27. The Balaban J connectivity index is 1.96. The van der Waals surface area contributed by atoms with Crippen molar-refractivity contribution in [3.05, 3.63) is 35.4 Å². The first-order chi connectivity index (χ1) is 10.7. The highest BCUT2D eigenvalue weighted by Crippen LogP contribution is 2.10. The van der Waals surface area contributed by atoms with Gasteiger partial charge in [-0.2, -0.15) is 0 Å². The number of nitrogens with one attached hydrogen (secondary N) is 1. The summed E-state index contributed by atoms with van der Waals surface area (Å²) in [4.78, 5) is 38.2. The molecule has 1 aliphatic rings. The van der Waals surface area contributed by atoms with E-state index in [4.69, 9.17) is 0 Å². The maximum atomic E-state index is 12.4. The number of hydrogen-bond acceptors (Lipinski definition) is 3. The van der Waals surface area contributed by atoms with Gasteiger partial charge in [0.1, 0.15) is 0 Å². The molecule has 0 saturated carbocycles. The van der Waals surface area contributed by atoms with Crippen LogP contribution < -0.4 is 5.32 Å². The van der Waals surface area contributed by atoms with Crippen LogP contribution in [0.5, 0.6) is 0 Å². The van der Waals surface area contributed by atoms with Crippen LogP contribution in [0.4, 0.5) is 0 Å². The lowest BCUT2D eigenvalue weighted by Gasteiger charge is -2.32. The second kappa shape index (κ2) is 7.59. The standard InChI is InChI=1S/C16H21N3O3/c1-2-7-17-15(21)13-3-5-14(6-4-13)16(22)19-10-8-18(12-20)9-11-19/h3-6,12H,2,7-11H2,1H3,(H,17,21). The monoisotopic (exact) mass is 303 g/mol. The molecule has 6 nitrogen and oxygen atoms in total. The van der Waals surface area contributed by atoms with Crippen molar-refractivity contribution in [3.63, 3.8) is 0 Å². The van der Waals surface area contributed by atoms with E-state index in [1.54, 1.807) is 34.1 Å². The molecule has 0 aromatic heterocycles. The third kappa shape index (κ3) is 3.84. The Bertz CT molecular complexity index is 534. The van der Waals surface area contributed by atoms with Gasteiger partial charge in [-0.3, -0.25) is 14.4 Å². The molecular formula is C16H21N3O3. The number of benzene rings is 1. The van der Waals surface area contributed by atoms with Gasteiger partial charge in [0.25, 0.3) is 11.8 Å². The lowest BCUT2D eigenvalue weighted by molar-refractivity contribution is -0.119. The second-order valence-corrected chi connectivity index (χ2v) is 5.27. The van der Waals surface area contributed by atoms with Crippen LogP contribution in [-0.2, 0) is 4.79 Å². The molecule has 0 aliphatic carbocycles. The van der Waals surface area contributed by atoms with E-state index < -0.39 is 0 Å². The summed E-state index contributed by atoms with van der Waals surface area (Å²) in [5.41, 5.74) is 1.11. The Labute approximate surface area is 130 Å². The molecule has 0 radical (unpaired) electrons. The summed E-state index contributed by atoms with van der Waals surface area (Å²) in [5.74, 6) is -0.188. The lowest BCUT2D eigenvalue weighted by Crippen LogP contribution is -2.48. The molecular weight excluding hydrogens is 282 g/mol. The van der Waals surface area contributed by atoms with Gasteiger partial charge >= 0.3 is 0 Å². The topological polar surface area (TPSA) is 69.7 Å². The zero-order chi connectivity index (χ0) is 15.9. The van der Waals surface area contributed by atoms with E-state index in [0.29, 0.717) is 43.9 Å². The summed E-state index contributed by atoms with van der Waals surface area (Å²) in [7, 11) is 0. The smallest absolute Gasteiger partial charge is 0.253 e. The fourth-order valence-corrected chi connectivity index (χ4v) is 2.32. The van der Waals surface area contributed by atoms with Gasteiger partial charge in [0.2, 0.25) is 6.41 Å². The maximum Gasteiger partial charge on any atom is 0.253 e. The van der Waals surface area contributed by atoms with Crippen LogP contribution in [0.25, 0.3) is 0 Å². The molecule has 0 bridgehead atoms. The Morgan fingerprint density at radius 2 is 1.68 bits per heavy atom. The molecule has 0 unspecified atom stereocenters. The lowest BCUT2D eigenvalue weighted by atomic mass is 10.1. The van der Waals surface area contributed by atoms with Crippen molar-refractivity contribution in [2.75, 3.05) is 32.7 Å². The number of hydrogen-bond donors (Lipinski definition) is 1. The van der Waals surface area contributed by atoms with Crippen molar-refractivity contribution in [2.24, 2.45) is 0 Å². The van der Waals surface area contributed by atoms with Gasteiger partial charge in [-0.15, -0.1) is 0 Å². The summed E-state index contributed by atoms with van der Waals surface area (Å²) >= 11 is 0. The highest BCUT2D eigenvalue weighted by molar-refractivity contribution is 5.97. The largest absolute Gasteiger partial charge is 0.352 e. The van der Waals surface area contributed by atoms with Crippen LogP contribution in [0.2, 0.25) is 0 Å². The molecule has 1 aromatic carbocycles. The number of carbonyl (C=O) groups is 3. The molecule has 1 heterocycles. The third-order valence-electron chi connectivity index (χ3n) is 3.68. The number of piperazine rings is 1. The first kappa shape index (κ1) is 16.0. The molecule has 1 aromatic rings. The van der Waals surface area contributed by atoms with Crippen LogP contribution in [0.15, 0.2) is 24.3 Å². The zero-order valence-corrected chi connectivity index (χ0v) is 12.7. The molecule has 1 fully saturated rings. The maximum absolute atomic E-state index is 12.4. The number of nitrogens with zero attached hydrogens (tertiary/aromatic N) is 2. The van der Waals surface area contributed by atoms with Crippen LogP contribution in [-0.4, -0.2) is 60.7 Å². The van der Waals surface area contributed by atoms with E-state index in [1.165, 1.54) is 0 Å². The first-order valence-electron chi connectivity index (χ1n) is 7.52. The van der Waals surface area contributed by atoms with Crippen LogP contribution in [0, 0.1) is 0 Å². The Morgan fingerprint density at radius 1 is 1.09 bits per heavy atom. The van der Waals surface area contributed by atoms with Crippen molar-refractivity contribution >= 4 is 18.2 Å². The summed E-state index contributed by atoms with van der Waals surface area (Å²) < 4.78 is 0.